The van der Waals surface area contributed by atoms with Gasteiger partial charge in [-0.05, 0) is 18.6 Å². The van der Waals surface area contributed by atoms with E-state index in [2.05, 4.69) is 9.72 Å². The van der Waals surface area contributed by atoms with Crippen molar-refractivity contribution < 1.29 is 24.1 Å². The normalized spacial score (nSPS) is 14.3. The molecule has 0 saturated heterocycles. The van der Waals surface area contributed by atoms with Gasteiger partial charge in [0, 0.05) is 11.8 Å². The fourth-order valence-electron chi connectivity index (χ4n) is 1.26. The summed E-state index contributed by atoms with van der Waals surface area (Å²) in [5, 5.41) is 19.0. The molecule has 1 heterocycles. The number of hydrogen-bond donors (Lipinski definition) is 2. The molecule has 2 N–H and O–H groups in total. The first kappa shape index (κ1) is 12.5. The fourth-order valence-corrected chi connectivity index (χ4v) is 1.26. The summed E-state index contributed by atoms with van der Waals surface area (Å²) in [4.78, 5) is 14.4. The average Bonchev–Trinajstić information content (AvgIpc) is 2.29. The van der Waals surface area contributed by atoms with Crippen molar-refractivity contribution in [3.63, 3.8) is 0 Å². The van der Waals surface area contributed by atoms with Crippen molar-refractivity contribution in [2.75, 3.05) is 7.11 Å². The lowest BCUT2D eigenvalue weighted by Crippen LogP contribution is -2.29. The summed E-state index contributed by atoms with van der Waals surface area (Å²) in [6.45, 7) is 1.39. The Morgan fingerprint density at radius 1 is 1.56 bits per heavy atom. The van der Waals surface area contributed by atoms with Gasteiger partial charge in [-0.25, -0.2) is 9.78 Å². The predicted molar refractivity (Wildman–Crippen MR) is 51.9 cm³/mol. The molecule has 0 bridgehead atoms. The van der Waals surface area contributed by atoms with Crippen LogP contribution in [0.1, 0.15) is 17.2 Å². The van der Waals surface area contributed by atoms with Gasteiger partial charge in [0.2, 0.25) is 5.95 Å². The summed E-state index contributed by atoms with van der Waals surface area (Å²) in [5.41, 5.74) is 0.184. The van der Waals surface area contributed by atoms with E-state index in [0.717, 1.165) is 13.3 Å². The van der Waals surface area contributed by atoms with Crippen molar-refractivity contribution in [2.24, 2.45) is 0 Å². The second-order valence-electron chi connectivity index (χ2n) is 3.23. The number of nitrogens with zero attached hydrogens (tertiary/aromatic N) is 1. The van der Waals surface area contributed by atoms with Crippen molar-refractivity contribution in [1.82, 2.24) is 4.98 Å². The van der Waals surface area contributed by atoms with Gasteiger partial charge >= 0.3 is 5.97 Å². The Hall–Kier alpha value is -1.53. The van der Waals surface area contributed by atoms with Crippen LogP contribution < -0.4 is 0 Å². The van der Waals surface area contributed by atoms with Crippen molar-refractivity contribution >= 4 is 5.97 Å². The lowest BCUT2D eigenvalue weighted by atomic mass is 10.0. The number of carbonyl (C=O) groups is 1. The molecule has 0 fully saturated rings. The van der Waals surface area contributed by atoms with Crippen LogP contribution in [0.4, 0.5) is 4.39 Å². The Kier molecular flexibility index (Phi) is 3.92. The van der Waals surface area contributed by atoms with E-state index in [1.54, 1.807) is 0 Å². The number of hydrogen-bond acceptors (Lipinski definition) is 5. The molecule has 6 heteroatoms. The van der Waals surface area contributed by atoms with Crippen LogP contribution in [0, 0.1) is 12.9 Å². The highest BCUT2D eigenvalue weighted by Crippen LogP contribution is 2.22. The summed E-state index contributed by atoms with van der Waals surface area (Å²) in [6.07, 6.45) is -2.14. The largest absolute Gasteiger partial charge is 0.467 e. The van der Waals surface area contributed by atoms with Crippen molar-refractivity contribution in [3.8, 4) is 0 Å². The van der Waals surface area contributed by atoms with E-state index in [4.69, 9.17) is 0 Å². The van der Waals surface area contributed by atoms with E-state index in [0.29, 0.717) is 0 Å². The molecule has 0 aliphatic rings. The zero-order valence-corrected chi connectivity index (χ0v) is 8.85. The molecule has 16 heavy (non-hydrogen) atoms. The number of aliphatic hydroxyl groups is 2. The number of halogens is 1. The number of aliphatic hydroxyl groups excluding tert-OH is 2. The first-order valence-corrected chi connectivity index (χ1v) is 4.54. The second kappa shape index (κ2) is 5.00. The van der Waals surface area contributed by atoms with Crippen LogP contribution in [0.3, 0.4) is 0 Å². The minimum atomic E-state index is -1.74. The molecule has 0 aromatic carbocycles. The molecule has 1 rings (SSSR count). The smallest absolute Gasteiger partial charge is 0.337 e. The molecular formula is C10H12FNO4. The summed E-state index contributed by atoms with van der Waals surface area (Å²) < 4.78 is 17.3. The minimum absolute atomic E-state index is 0.0814. The molecule has 0 aliphatic heterocycles. The molecule has 2 atom stereocenters. The van der Waals surface area contributed by atoms with Gasteiger partial charge in [0.1, 0.15) is 6.10 Å². The monoisotopic (exact) mass is 229 g/mol. The molecule has 2 unspecified atom stereocenters. The van der Waals surface area contributed by atoms with Crippen LogP contribution >= 0.6 is 0 Å². The molecule has 0 spiro atoms. The van der Waals surface area contributed by atoms with Gasteiger partial charge < -0.3 is 14.9 Å². The maximum Gasteiger partial charge on any atom is 0.337 e. The molecule has 0 saturated carbocycles. The quantitative estimate of drug-likeness (QED) is 0.567. The van der Waals surface area contributed by atoms with Crippen molar-refractivity contribution in [2.45, 2.75) is 19.1 Å². The number of carbonyl (C=O) groups excluding carboxylic acids is 1. The molecule has 88 valence electrons. The zero-order chi connectivity index (χ0) is 12.3. The highest BCUT2D eigenvalue weighted by Gasteiger charge is 2.28. The molecular weight excluding hydrogens is 217 g/mol. The minimum Gasteiger partial charge on any atom is -0.467 e. The van der Waals surface area contributed by atoms with Crippen LogP contribution in [-0.4, -0.2) is 34.4 Å². The molecule has 0 radical (unpaired) electrons. The van der Waals surface area contributed by atoms with E-state index >= 15 is 0 Å². The molecule has 0 amide bonds. The molecule has 1 aromatic heterocycles. The van der Waals surface area contributed by atoms with E-state index in [-0.39, 0.29) is 11.1 Å². The maximum absolute atomic E-state index is 13.1. The molecule has 5 nitrogen and oxygen atoms in total. The van der Waals surface area contributed by atoms with E-state index < -0.39 is 24.1 Å². The number of aromatic nitrogens is 1. The number of pyridine rings is 1. The third kappa shape index (κ3) is 2.34. The van der Waals surface area contributed by atoms with Crippen LogP contribution in [0.15, 0.2) is 12.3 Å². The van der Waals surface area contributed by atoms with Gasteiger partial charge in [-0.15, -0.1) is 0 Å². The van der Waals surface area contributed by atoms with Crippen LogP contribution in [0.25, 0.3) is 0 Å². The summed E-state index contributed by atoms with van der Waals surface area (Å²) in [7, 11) is 1.08. The topological polar surface area (TPSA) is 79.7 Å². The predicted octanol–water partition coefficient (Wildman–Crippen LogP) is 0.0964. The van der Waals surface area contributed by atoms with Crippen LogP contribution in [0.5, 0.6) is 0 Å². The Morgan fingerprint density at radius 2 is 2.19 bits per heavy atom. The second-order valence-corrected chi connectivity index (χ2v) is 3.23. The number of esters is 1. The Labute approximate surface area is 91.5 Å². The van der Waals surface area contributed by atoms with Gasteiger partial charge in [-0.1, -0.05) is 0 Å². The fraction of sp³-hybridized carbons (Fsp3) is 0.400. The van der Waals surface area contributed by atoms with E-state index in [1.165, 1.54) is 13.0 Å². The van der Waals surface area contributed by atoms with Gasteiger partial charge in [-0.2, -0.15) is 4.39 Å². The Balaban J connectivity index is 3.00. The van der Waals surface area contributed by atoms with Crippen molar-refractivity contribution in [3.05, 3.63) is 29.3 Å². The standard InChI is InChI=1S/C10H12FNO4/c1-5-6(3-4-12-9(5)11)7(13)8(14)10(15)16-2/h3-4,7-8,13-14H,1-2H3. The van der Waals surface area contributed by atoms with Crippen LogP contribution in [-0.2, 0) is 9.53 Å². The van der Waals surface area contributed by atoms with Gasteiger partial charge in [-0.3, -0.25) is 0 Å². The number of methoxy groups -OCH3 is 1. The van der Waals surface area contributed by atoms with E-state index in [9.17, 15) is 19.4 Å². The Morgan fingerprint density at radius 3 is 2.75 bits per heavy atom. The lowest BCUT2D eigenvalue weighted by molar-refractivity contribution is -0.156. The summed E-state index contributed by atoms with van der Waals surface area (Å²) in [5.74, 6) is -1.74. The first-order valence-electron chi connectivity index (χ1n) is 4.54. The van der Waals surface area contributed by atoms with Crippen molar-refractivity contribution in [1.29, 1.82) is 0 Å². The maximum atomic E-state index is 13.1. The highest BCUT2D eigenvalue weighted by atomic mass is 19.1. The molecule has 0 aliphatic carbocycles. The summed E-state index contributed by atoms with van der Waals surface area (Å²) in [6, 6.07) is 1.33. The first-order chi connectivity index (χ1) is 7.49. The zero-order valence-electron chi connectivity index (χ0n) is 8.85. The molecule has 1 aromatic rings. The lowest BCUT2D eigenvalue weighted by Gasteiger charge is -2.17. The average molecular weight is 229 g/mol. The highest BCUT2D eigenvalue weighted by molar-refractivity contribution is 5.75. The van der Waals surface area contributed by atoms with E-state index in [1.807, 2.05) is 0 Å². The number of ether oxygens (including phenoxy) is 1. The third-order valence-electron chi connectivity index (χ3n) is 2.24. The summed E-state index contributed by atoms with van der Waals surface area (Å²) >= 11 is 0. The van der Waals surface area contributed by atoms with Gasteiger partial charge in [0.25, 0.3) is 0 Å². The van der Waals surface area contributed by atoms with Crippen LogP contribution in [0.2, 0.25) is 0 Å². The number of rotatable bonds is 3. The SMILES string of the molecule is COC(=O)C(O)C(O)c1ccnc(F)c1C. The third-order valence-corrected chi connectivity index (χ3v) is 2.24. The van der Waals surface area contributed by atoms with Gasteiger partial charge in [0.15, 0.2) is 6.10 Å². The van der Waals surface area contributed by atoms with Gasteiger partial charge in [0.05, 0.1) is 7.11 Å². The Bertz CT molecular complexity index is 396.